The number of nitrogens with one attached hydrogen (secondary N) is 3. The summed E-state index contributed by atoms with van der Waals surface area (Å²) >= 11 is 0. The Hall–Kier alpha value is -3.61. The molecule has 25 heavy (non-hydrogen) atoms. The first-order valence-electron chi connectivity index (χ1n) is 7.67. The smallest absolute Gasteiger partial charge is 0.262 e. The van der Waals surface area contributed by atoms with E-state index in [1.165, 1.54) is 0 Å². The lowest BCUT2D eigenvalue weighted by molar-refractivity contribution is -0.118. The van der Waals surface area contributed by atoms with Crippen molar-refractivity contribution in [2.75, 3.05) is 17.2 Å². The number of hydrogen-bond donors (Lipinski definition) is 3. The zero-order valence-electron chi connectivity index (χ0n) is 13.1. The first kappa shape index (κ1) is 14.9. The topological polar surface area (TPSA) is 96.1 Å². The molecule has 0 radical (unpaired) electrons. The molecule has 1 aromatic heterocycles. The minimum Gasteiger partial charge on any atom is -0.482 e. The number of carbonyl (C=O) groups excluding carboxylic acids is 2. The average Bonchev–Trinajstić information content (AvgIpc) is 3.16. The van der Waals surface area contributed by atoms with Gasteiger partial charge in [0.25, 0.3) is 11.8 Å². The van der Waals surface area contributed by atoms with Gasteiger partial charge < -0.3 is 15.4 Å². The minimum absolute atomic E-state index is 0.000894. The number of aromatic amines is 1. The van der Waals surface area contributed by atoms with Gasteiger partial charge in [-0.25, -0.2) is 0 Å². The number of carbonyl (C=O) groups is 2. The Labute approximate surface area is 143 Å². The minimum atomic E-state index is -0.246. The fourth-order valence-electron chi connectivity index (χ4n) is 2.61. The standard InChI is InChI=1S/C18H14N4O3/c23-17-10-25-16-5-4-13(9-15(16)21-17)20-18(24)12-3-1-2-11(8-12)14-6-7-19-22-14/h1-9H,10H2,(H,19,22)(H,20,24)(H,21,23). The maximum atomic E-state index is 12.5. The van der Waals surface area contributed by atoms with Crippen LogP contribution in [0.5, 0.6) is 5.75 Å². The van der Waals surface area contributed by atoms with Gasteiger partial charge in [-0.05, 0) is 36.4 Å². The van der Waals surface area contributed by atoms with E-state index in [1.54, 1.807) is 36.5 Å². The zero-order valence-corrected chi connectivity index (χ0v) is 13.1. The van der Waals surface area contributed by atoms with Gasteiger partial charge in [0.05, 0.1) is 11.4 Å². The predicted molar refractivity (Wildman–Crippen MR) is 92.5 cm³/mol. The van der Waals surface area contributed by atoms with Crippen LogP contribution in [0.25, 0.3) is 11.3 Å². The predicted octanol–water partition coefficient (Wildman–Crippen LogP) is 2.66. The fraction of sp³-hybridized carbons (Fsp3) is 0.0556. The summed E-state index contributed by atoms with van der Waals surface area (Å²) in [4.78, 5) is 23.9. The molecular weight excluding hydrogens is 320 g/mol. The van der Waals surface area contributed by atoms with Crippen LogP contribution >= 0.6 is 0 Å². The molecule has 3 aromatic rings. The van der Waals surface area contributed by atoms with Crippen LogP contribution in [0.1, 0.15) is 10.4 Å². The van der Waals surface area contributed by atoms with E-state index in [-0.39, 0.29) is 18.4 Å². The van der Waals surface area contributed by atoms with Crippen LogP contribution in [0.2, 0.25) is 0 Å². The Bertz CT molecular complexity index is 951. The van der Waals surface area contributed by atoms with Gasteiger partial charge in [-0.3, -0.25) is 14.7 Å². The van der Waals surface area contributed by atoms with Gasteiger partial charge >= 0.3 is 0 Å². The molecule has 0 bridgehead atoms. The largest absolute Gasteiger partial charge is 0.482 e. The van der Waals surface area contributed by atoms with Crippen molar-refractivity contribution < 1.29 is 14.3 Å². The molecule has 7 heteroatoms. The van der Waals surface area contributed by atoms with Gasteiger partial charge in [0, 0.05) is 23.0 Å². The first-order chi connectivity index (χ1) is 12.2. The lowest BCUT2D eigenvalue weighted by Gasteiger charge is -2.18. The Balaban J connectivity index is 1.55. The van der Waals surface area contributed by atoms with E-state index in [0.29, 0.717) is 22.7 Å². The molecule has 7 nitrogen and oxygen atoms in total. The van der Waals surface area contributed by atoms with Gasteiger partial charge in [0.2, 0.25) is 0 Å². The lowest BCUT2D eigenvalue weighted by atomic mass is 10.1. The Morgan fingerprint density at radius 3 is 2.92 bits per heavy atom. The van der Waals surface area contributed by atoms with Crippen LogP contribution in [0.15, 0.2) is 54.7 Å². The quantitative estimate of drug-likeness (QED) is 0.686. The van der Waals surface area contributed by atoms with Crippen molar-refractivity contribution >= 4 is 23.2 Å². The highest BCUT2D eigenvalue weighted by Crippen LogP contribution is 2.30. The number of fused-ring (bicyclic) bond motifs is 1. The van der Waals surface area contributed by atoms with Crippen LogP contribution in [-0.4, -0.2) is 28.6 Å². The molecule has 0 spiro atoms. The second kappa shape index (κ2) is 6.12. The maximum absolute atomic E-state index is 12.5. The molecule has 2 aromatic carbocycles. The second-order valence-electron chi connectivity index (χ2n) is 5.55. The monoisotopic (exact) mass is 334 g/mol. The van der Waals surface area contributed by atoms with E-state index in [4.69, 9.17) is 4.74 Å². The summed E-state index contributed by atoms with van der Waals surface area (Å²) in [5.41, 5.74) is 3.34. The average molecular weight is 334 g/mol. The number of benzene rings is 2. The number of ether oxygens (including phenoxy) is 1. The third-order valence-corrected chi connectivity index (χ3v) is 3.81. The molecular formula is C18H14N4O3. The molecule has 0 saturated heterocycles. The SMILES string of the molecule is O=C1COc2ccc(NC(=O)c3cccc(-c4ccn[nH]4)c3)cc2N1. The van der Waals surface area contributed by atoms with Crippen LogP contribution in [0.3, 0.4) is 0 Å². The first-order valence-corrected chi connectivity index (χ1v) is 7.67. The van der Waals surface area contributed by atoms with Crippen LogP contribution in [0.4, 0.5) is 11.4 Å². The third kappa shape index (κ3) is 3.07. The van der Waals surface area contributed by atoms with Crippen molar-refractivity contribution in [2.45, 2.75) is 0 Å². The molecule has 124 valence electrons. The van der Waals surface area contributed by atoms with Crippen LogP contribution < -0.4 is 15.4 Å². The molecule has 2 amide bonds. The van der Waals surface area contributed by atoms with Crippen molar-refractivity contribution in [2.24, 2.45) is 0 Å². The molecule has 1 aliphatic heterocycles. The number of rotatable bonds is 3. The highest BCUT2D eigenvalue weighted by atomic mass is 16.5. The maximum Gasteiger partial charge on any atom is 0.262 e. The Kier molecular flexibility index (Phi) is 3.66. The molecule has 3 N–H and O–H groups in total. The van der Waals surface area contributed by atoms with Gasteiger partial charge in [-0.15, -0.1) is 0 Å². The normalized spacial score (nSPS) is 12.7. The van der Waals surface area contributed by atoms with Crippen molar-refractivity contribution in [1.29, 1.82) is 0 Å². The van der Waals surface area contributed by atoms with E-state index in [2.05, 4.69) is 20.8 Å². The number of anilines is 2. The summed E-state index contributed by atoms with van der Waals surface area (Å²) in [6.45, 7) is -0.000894. The van der Waals surface area contributed by atoms with Crippen molar-refractivity contribution in [3.05, 3.63) is 60.3 Å². The zero-order chi connectivity index (χ0) is 17.2. The Morgan fingerprint density at radius 1 is 1.16 bits per heavy atom. The number of nitrogens with zero attached hydrogens (tertiary/aromatic N) is 1. The summed E-state index contributed by atoms with van der Waals surface area (Å²) in [5.74, 6) is 0.117. The lowest BCUT2D eigenvalue weighted by Crippen LogP contribution is -2.25. The van der Waals surface area contributed by atoms with E-state index < -0.39 is 0 Å². The molecule has 0 saturated carbocycles. The summed E-state index contributed by atoms with van der Waals surface area (Å²) in [6.07, 6.45) is 1.66. The number of aromatic nitrogens is 2. The summed E-state index contributed by atoms with van der Waals surface area (Å²) in [5, 5.41) is 12.3. The van der Waals surface area contributed by atoms with E-state index >= 15 is 0 Å². The van der Waals surface area contributed by atoms with Crippen molar-refractivity contribution in [1.82, 2.24) is 10.2 Å². The van der Waals surface area contributed by atoms with Gasteiger partial charge in [0.1, 0.15) is 5.75 Å². The molecule has 0 aliphatic carbocycles. The number of hydrogen-bond acceptors (Lipinski definition) is 4. The third-order valence-electron chi connectivity index (χ3n) is 3.81. The molecule has 4 rings (SSSR count). The van der Waals surface area contributed by atoms with E-state index in [1.807, 2.05) is 18.2 Å². The van der Waals surface area contributed by atoms with Gasteiger partial charge in [0.15, 0.2) is 6.61 Å². The molecule has 0 fully saturated rings. The van der Waals surface area contributed by atoms with Crippen LogP contribution in [-0.2, 0) is 4.79 Å². The molecule has 2 heterocycles. The summed E-state index contributed by atoms with van der Waals surface area (Å²) in [6, 6.07) is 14.2. The van der Waals surface area contributed by atoms with E-state index in [0.717, 1.165) is 11.3 Å². The number of H-pyrrole nitrogens is 1. The highest BCUT2D eigenvalue weighted by molar-refractivity contribution is 6.05. The van der Waals surface area contributed by atoms with Crippen LogP contribution in [0, 0.1) is 0 Å². The summed E-state index contributed by atoms with van der Waals surface area (Å²) in [7, 11) is 0. The molecule has 1 aliphatic rings. The molecule has 0 unspecified atom stereocenters. The van der Waals surface area contributed by atoms with Crippen molar-refractivity contribution in [3.8, 4) is 17.0 Å². The highest BCUT2D eigenvalue weighted by Gasteiger charge is 2.17. The fourth-order valence-corrected chi connectivity index (χ4v) is 2.61. The van der Waals surface area contributed by atoms with Gasteiger partial charge in [-0.2, -0.15) is 5.10 Å². The van der Waals surface area contributed by atoms with E-state index in [9.17, 15) is 9.59 Å². The molecule has 0 atom stereocenters. The van der Waals surface area contributed by atoms with Gasteiger partial charge in [-0.1, -0.05) is 12.1 Å². The van der Waals surface area contributed by atoms with Crippen molar-refractivity contribution in [3.63, 3.8) is 0 Å². The summed E-state index contributed by atoms with van der Waals surface area (Å²) < 4.78 is 5.30. The Morgan fingerprint density at radius 2 is 2.08 bits per heavy atom. The number of amides is 2. The second-order valence-corrected chi connectivity index (χ2v) is 5.55.